The van der Waals surface area contributed by atoms with E-state index in [9.17, 15) is 15.2 Å². The standard InChI is InChI=1S/C32H36N4O2/c1-24-11-12-26(32(38)35-17-18-36(30(22-35)23-37)29-8-3-2-4-9-29)20-28(24)19-25-13-15-34(16-14-25)31-10-6-5-7-27(31)21-33/h2-12,20,25,30,37H,13-19,22-23H2,1H3/t30-/m0/s1. The number of nitrogens with zero attached hydrogens (tertiary/aromatic N) is 4. The van der Waals surface area contributed by atoms with E-state index in [0.717, 1.165) is 54.9 Å². The lowest BCUT2D eigenvalue weighted by Crippen LogP contribution is -2.56. The van der Waals surface area contributed by atoms with E-state index in [1.165, 1.54) is 11.1 Å². The van der Waals surface area contributed by atoms with Crippen molar-refractivity contribution in [3.8, 4) is 6.07 Å². The number of amides is 1. The molecule has 0 aliphatic carbocycles. The van der Waals surface area contributed by atoms with Crippen LogP contribution >= 0.6 is 0 Å². The molecule has 2 fully saturated rings. The molecule has 2 aliphatic rings. The van der Waals surface area contributed by atoms with Crippen LogP contribution in [-0.4, -0.2) is 61.3 Å². The lowest BCUT2D eigenvalue weighted by Gasteiger charge is -2.42. The number of anilines is 2. The highest BCUT2D eigenvalue weighted by molar-refractivity contribution is 5.94. The van der Waals surface area contributed by atoms with Crippen LogP contribution in [0.25, 0.3) is 0 Å². The van der Waals surface area contributed by atoms with Gasteiger partial charge in [-0.2, -0.15) is 5.26 Å². The molecule has 0 aromatic heterocycles. The number of carbonyl (C=O) groups is 1. The Hall–Kier alpha value is -3.82. The molecule has 6 nitrogen and oxygen atoms in total. The van der Waals surface area contributed by atoms with E-state index in [0.29, 0.717) is 25.6 Å². The van der Waals surface area contributed by atoms with Gasteiger partial charge < -0.3 is 19.8 Å². The smallest absolute Gasteiger partial charge is 0.253 e. The van der Waals surface area contributed by atoms with Crippen molar-refractivity contribution in [2.24, 2.45) is 5.92 Å². The maximum atomic E-state index is 13.5. The van der Waals surface area contributed by atoms with Crippen molar-refractivity contribution in [3.05, 3.63) is 95.1 Å². The van der Waals surface area contributed by atoms with Gasteiger partial charge in [-0.25, -0.2) is 0 Å². The maximum Gasteiger partial charge on any atom is 0.253 e. The predicted octanol–water partition coefficient (Wildman–Crippen LogP) is 4.65. The third kappa shape index (κ3) is 5.54. The average Bonchev–Trinajstić information content (AvgIpc) is 2.98. The van der Waals surface area contributed by atoms with Crippen molar-refractivity contribution < 1.29 is 9.90 Å². The summed E-state index contributed by atoms with van der Waals surface area (Å²) < 4.78 is 0. The molecule has 6 heteroatoms. The van der Waals surface area contributed by atoms with Crippen molar-refractivity contribution in [3.63, 3.8) is 0 Å². The summed E-state index contributed by atoms with van der Waals surface area (Å²) in [6.45, 7) is 5.86. The van der Waals surface area contributed by atoms with E-state index in [4.69, 9.17) is 0 Å². The van der Waals surface area contributed by atoms with Crippen molar-refractivity contribution in [1.82, 2.24) is 4.90 Å². The number of aryl methyl sites for hydroxylation is 1. The van der Waals surface area contributed by atoms with E-state index < -0.39 is 0 Å². The zero-order chi connectivity index (χ0) is 26.5. The normalized spacial score (nSPS) is 18.3. The number of para-hydroxylation sites is 2. The Morgan fingerprint density at radius 1 is 0.974 bits per heavy atom. The van der Waals surface area contributed by atoms with E-state index in [2.05, 4.69) is 47.1 Å². The second-order valence-electron chi connectivity index (χ2n) is 10.5. The fourth-order valence-electron chi connectivity index (χ4n) is 5.90. The van der Waals surface area contributed by atoms with Crippen molar-refractivity contribution in [2.45, 2.75) is 32.2 Å². The SMILES string of the molecule is Cc1ccc(C(=O)N2CCN(c3ccccc3)[C@H](CO)C2)cc1CC1CCN(c2ccccc2C#N)CC1. The molecule has 0 radical (unpaired) electrons. The molecule has 196 valence electrons. The number of rotatable bonds is 6. The fourth-order valence-corrected chi connectivity index (χ4v) is 5.90. The number of piperidine rings is 1. The lowest BCUT2D eigenvalue weighted by atomic mass is 9.87. The van der Waals surface area contributed by atoms with Crippen LogP contribution in [0, 0.1) is 24.2 Å². The second kappa shape index (κ2) is 11.7. The quantitative estimate of drug-likeness (QED) is 0.525. The van der Waals surface area contributed by atoms with Crippen LogP contribution in [0.2, 0.25) is 0 Å². The fraction of sp³-hybridized carbons (Fsp3) is 0.375. The lowest BCUT2D eigenvalue weighted by molar-refractivity contribution is 0.0699. The Morgan fingerprint density at radius 2 is 1.71 bits per heavy atom. The van der Waals surface area contributed by atoms with Gasteiger partial charge in [0.25, 0.3) is 5.91 Å². The molecule has 2 heterocycles. The van der Waals surface area contributed by atoms with Crippen molar-refractivity contribution in [1.29, 1.82) is 5.26 Å². The molecule has 5 rings (SSSR count). The van der Waals surface area contributed by atoms with Crippen LogP contribution in [0.3, 0.4) is 0 Å². The molecule has 3 aromatic carbocycles. The minimum Gasteiger partial charge on any atom is -0.394 e. The number of benzene rings is 3. The number of hydrogen-bond acceptors (Lipinski definition) is 5. The third-order valence-electron chi connectivity index (χ3n) is 8.15. The topological polar surface area (TPSA) is 70.8 Å². The molecule has 1 amide bonds. The van der Waals surface area contributed by atoms with Crippen LogP contribution in [0.1, 0.15) is 39.9 Å². The molecule has 2 aliphatic heterocycles. The molecular formula is C32H36N4O2. The molecule has 0 saturated carbocycles. The monoisotopic (exact) mass is 508 g/mol. The highest BCUT2D eigenvalue weighted by Crippen LogP contribution is 2.29. The van der Waals surface area contributed by atoms with Gasteiger partial charge in [0.1, 0.15) is 6.07 Å². The first-order chi connectivity index (χ1) is 18.6. The number of carbonyl (C=O) groups excluding carboxylic acids is 1. The number of nitriles is 1. The summed E-state index contributed by atoms with van der Waals surface area (Å²) in [5.41, 5.74) is 6.05. The highest BCUT2D eigenvalue weighted by atomic mass is 16.3. The third-order valence-corrected chi connectivity index (χ3v) is 8.15. The Labute approximate surface area is 225 Å². The van der Waals surface area contributed by atoms with Crippen LogP contribution in [0.4, 0.5) is 11.4 Å². The van der Waals surface area contributed by atoms with Crippen LogP contribution < -0.4 is 9.80 Å². The average molecular weight is 509 g/mol. The number of hydrogen-bond donors (Lipinski definition) is 1. The highest BCUT2D eigenvalue weighted by Gasteiger charge is 2.30. The Balaban J connectivity index is 1.22. The van der Waals surface area contributed by atoms with Crippen molar-refractivity contribution in [2.75, 3.05) is 49.1 Å². The summed E-state index contributed by atoms with van der Waals surface area (Å²) in [7, 11) is 0. The van der Waals surface area contributed by atoms with Crippen LogP contribution in [-0.2, 0) is 6.42 Å². The molecule has 0 spiro atoms. The minimum absolute atomic E-state index is 0.00929. The maximum absolute atomic E-state index is 13.5. The van der Waals surface area contributed by atoms with Gasteiger partial charge in [-0.15, -0.1) is 0 Å². The number of aliphatic hydroxyl groups excluding tert-OH is 1. The van der Waals surface area contributed by atoms with Gasteiger partial charge in [-0.3, -0.25) is 4.79 Å². The van der Waals surface area contributed by atoms with E-state index in [-0.39, 0.29) is 18.6 Å². The van der Waals surface area contributed by atoms with E-state index >= 15 is 0 Å². The van der Waals surface area contributed by atoms with E-state index in [1.54, 1.807) is 0 Å². The van der Waals surface area contributed by atoms with Gasteiger partial charge in [0.05, 0.1) is 23.9 Å². The van der Waals surface area contributed by atoms with Gasteiger partial charge >= 0.3 is 0 Å². The van der Waals surface area contributed by atoms with Gasteiger partial charge in [0.15, 0.2) is 0 Å². The first-order valence-electron chi connectivity index (χ1n) is 13.6. The molecule has 38 heavy (non-hydrogen) atoms. The number of aliphatic hydroxyl groups is 1. The largest absolute Gasteiger partial charge is 0.394 e. The summed E-state index contributed by atoms with van der Waals surface area (Å²) in [4.78, 5) is 19.9. The summed E-state index contributed by atoms with van der Waals surface area (Å²) >= 11 is 0. The van der Waals surface area contributed by atoms with Crippen molar-refractivity contribution >= 4 is 17.3 Å². The molecule has 3 aromatic rings. The predicted molar refractivity (Wildman–Crippen MR) is 152 cm³/mol. The molecule has 1 N–H and O–H groups in total. The zero-order valence-corrected chi connectivity index (χ0v) is 22.1. The van der Waals surface area contributed by atoms with Gasteiger partial charge in [0, 0.05) is 44.0 Å². The van der Waals surface area contributed by atoms with Crippen LogP contribution in [0.5, 0.6) is 0 Å². The van der Waals surface area contributed by atoms with Gasteiger partial charge in [-0.1, -0.05) is 36.4 Å². The summed E-state index contributed by atoms with van der Waals surface area (Å²) in [6.07, 6.45) is 3.09. The molecule has 2 saturated heterocycles. The van der Waals surface area contributed by atoms with Gasteiger partial charge in [-0.05, 0) is 79.6 Å². The summed E-state index contributed by atoms with van der Waals surface area (Å²) in [5, 5.41) is 19.5. The first kappa shape index (κ1) is 25.8. The second-order valence-corrected chi connectivity index (χ2v) is 10.5. The minimum atomic E-state index is -0.114. The Morgan fingerprint density at radius 3 is 2.45 bits per heavy atom. The van der Waals surface area contributed by atoms with E-state index in [1.807, 2.05) is 53.4 Å². The molecule has 0 bridgehead atoms. The summed E-state index contributed by atoms with van der Waals surface area (Å²) in [5.74, 6) is 0.595. The Kier molecular flexibility index (Phi) is 7.95. The van der Waals surface area contributed by atoms with Crippen LogP contribution in [0.15, 0.2) is 72.8 Å². The Bertz CT molecular complexity index is 1290. The first-order valence-corrected chi connectivity index (χ1v) is 13.6. The zero-order valence-electron chi connectivity index (χ0n) is 22.1. The molecular weight excluding hydrogens is 472 g/mol. The van der Waals surface area contributed by atoms with Gasteiger partial charge in [0.2, 0.25) is 0 Å². The molecule has 0 unspecified atom stereocenters. The molecule has 1 atom stereocenters. The number of piperazine rings is 1. The summed E-state index contributed by atoms with van der Waals surface area (Å²) in [6, 6.07) is 26.3.